The fourth-order valence-electron chi connectivity index (χ4n) is 1.67. The topological polar surface area (TPSA) is 29.1 Å². The van der Waals surface area contributed by atoms with Crippen LogP contribution in [0.1, 0.15) is 13.3 Å². The van der Waals surface area contributed by atoms with Gasteiger partial charge in [-0.25, -0.2) is 4.39 Å². The largest absolute Gasteiger partial charge is 0.326 e. The standard InChI is InChI=1S/C15H13ClFNO/c1-2-15(19)18-12-6-3-10(4-7-12)11-5-8-14(17)13(16)9-11/h3-9H,2H2,1H3,(H,18,19). The van der Waals surface area contributed by atoms with E-state index in [2.05, 4.69) is 5.32 Å². The van der Waals surface area contributed by atoms with E-state index in [0.717, 1.165) is 16.8 Å². The molecule has 2 nitrogen and oxygen atoms in total. The monoisotopic (exact) mass is 277 g/mol. The van der Waals surface area contributed by atoms with Gasteiger partial charge in [0.05, 0.1) is 5.02 Å². The number of benzene rings is 2. The molecule has 0 aromatic heterocycles. The van der Waals surface area contributed by atoms with Gasteiger partial charge in [0, 0.05) is 12.1 Å². The third kappa shape index (κ3) is 3.32. The minimum absolute atomic E-state index is 0.0300. The van der Waals surface area contributed by atoms with Crippen LogP contribution >= 0.6 is 11.6 Å². The summed E-state index contributed by atoms with van der Waals surface area (Å²) < 4.78 is 13.1. The number of rotatable bonds is 3. The van der Waals surface area contributed by atoms with Gasteiger partial charge in [-0.2, -0.15) is 0 Å². The first-order valence-electron chi connectivity index (χ1n) is 5.95. The van der Waals surface area contributed by atoms with E-state index in [-0.39, 0.29) is 10.9 Å². The molecule has 1 amide bonds. The highest BCUT2D eigenvalue weighted by molar-refractivity contribution is 6.31. The zero-order valence-electron chi connectivity index (χ0n) is 10.4. The normalized spacial score (nSPS) is 10.3. The van der Waals surface area contributed by atoms with Crippen LogP contribution in [0.4, 0.5) is 10.1 Å². The number of halogens is 2. The number of carbonyl (C=O) groups is 1. The molecule has 98 valence electrons. The molecule has 0 saturated heterocycles. The smallest absolute Gasteiger partial charge is 0.224 e. The molecule has 0 aliphatic heterocycles. The van der Waals surface area contributed by atoms with Gasteiger partial charge in [0.15, 0.2) is 0 Å². The van der Waals surface area contributed by atoms with Crippen LogP contribution in [0.25, 0.3) is 11.1 Å². The maximum atomic E-state index is 13.1. The average Bonchev–Trinajstić information content (AvgIpc) is 2.42. The van der Waals surface area contributed by atoms with Gasteiger partial charge in [-0.1, -0.05) is 36.7 Å². The van der Waals surface area contributed by atoms with Crippen molar-refractivity contribution in [1.29, 1.82) is 0 Å². The summed E-state index contributed by atoms with van der Waals surface area (Å²) in [7, 11) is 0. The number of hydrogen-bond donors (Lipinski definition) is 1. The number of nitrogens with one attached hydrogen (secondary N) is 1. The molecule has 2 rings (SSSR count). The van der Waals surface area contributed by atoms with Gasteiger partial charge >= 0.3 is 0 Å². The molecular weight excluding hydrogens is 265 g/mol. The Hall–Kier alpha value is -1.87. The molecule has 1 N–H and O–H groups in total. The molecule has 0 aliphatic rings. The van der Waals surface area contributed by atoms with Crippen molar-refractivity contribution in [3.05, 3.63) is 53.3 Å². The van der Waals surface area contributed by atoms with Gasteiger partial charge in [0.25, 0.3) is 0 Å². The Kier molecular flexibility index (Phi) is 4.17. The highest BCUT2D eigenvalue weighted by atomic mass is 35.5. The second kappa shape index (κ2) is 5.85. The molecule has 0 saturated carbocycles. The zero-order valence-corrected chi connectivity index (χ0v) is 11.2. The second-order valence-corrected chi connectivity index (χ2v) is 4.52. The van der Waals surface area contributed by atoms with Crippen molar-refractivity contribution in [2.75, 3.05) is 5.32 Å². The Morgan fingerprint density at radius 1 is 1.16 bits per heavy atom. The van der Waals surface area contributed by atoms with Crippen LogP contribution in [0, 0.1) is 5.82 Å². The lowest BCUT2D eigenvalue weighted by molar-refractivity contribution is -0.115. The average molecular weight is 278 g/mol. The van der Waals surface area contributed by atoms with Gasteiger partial charge in [-0.3, -0.25) is 4.79 Å². The highest BCUT2D eigenvalue weighted by Crippen LogP contribution is 2.25. The first kappa shape index (κ1) is 13.6. The predicted octanol–water partition coefficient (Wildman–Crippen LogP) is 4.49. The third-order valence-electron chi connectivity index (χ3n) is 2.74. The zero-order chi connectivity index (χ0) is 13.8. The molecule has 0 heterocycles. The number of carbonyl (C=O) groups excluding carboxylic acids is 1. The van der Waals surface area contributed by atoms with E-state index in [1.54, 1.807) is 31.2 Å². The van der Waals surface area contributed by atoms with Crippen molar-refractivity contribution >= 4 is 23.2 Å². The molecular formula is C15H13ClFNO. The lowest BCUT2D eigenvalue weighted by Crippen LogP contribution is -2.08. The molecule has 0 bridgehead atoms. The van der Waals surface area contributed by atoms with Crippen LogP contribution in [0.2, 0.25) is 5.02 Å². The van der Waals surface area contributed by atoms with Crippen molar-refractivity contribution in [3.63, 3.8) is 0 Å². The summed E-state index contributed by atoms with van der Waals surface area (Å²) in [6.07, 6.45) is 0.440. The molecule has 0 unspecified atom stereocenters. The SMILES string of the molecule is CCC(=O)Nc1ccc(-c2ccc(F)c(Cl)c2)cc1. The van der Waals surface area contributed by atoms with E-state index < -0.39 is 5.82 Å². The van der Waals surface area contributed by atoms with Gasteiger partial charge in [-0.05, 0) is 35.4 Å². The van der Waals surface area contributed by atoms with Gasteiger partial charge < -0.3 is 5.32 Å². The van der Waals surface area contributed by atoms with E-state index in [0.29, 0.717) is 6.42 Å². The van der Waals surface area contributed by atoms with Crippen LogP contribution in [0.15, 0.2) is 42.5 Å². The first-order chi connectivity index (χ1) is 9.10. The van der Waals surface area contributed by atoms with Crippen LogP contribution < -0.4 is 5.32 Å². The molecule has 19 heavy (non-hydrogen) atoms. The molecule has 0 aliphatic carbocycles. The number of amides is 1. The maximum absolute atomic E-state index is 13.1. The molecule has 2 aromatic carbocycles. The predicted molar refractivity (Wildman–Crippen MR) is 75.8 cm³/mol. The molecule has 0 spiro atoms. The quantitative estimate of drug-likeness (QED) is 0.880. The van der Waals surface area contributed by atoms with Crippen molar-refractivity contribution in [1.82, 2.24) is 0 Å². The summed E-state index contributed by atoms with van der Waals surface area (Å²) in [6.45, 7) is 1.80. The molecule has 0 atom stereocenters. The van der Waals surface area contributed by atoms with Crippen LogP contribution in [-0.2, 0) is 4.79 Å². The summed E-state index contributed by atoms with van der Waals surface area (Å²) in [4.78, 5) is 11.2. The number of hydrogen-bond acceptors (Lipinski definition) is 1. The summed E-state index contributed by atoms with van der Waals surface area (Å²) in [5.74, 6) is -0.463. The van der Waals surface area contributed by atoms with Crippen molar-refractivity contribution in [2.24, 2.45) is 0 Å². The van der Waals surface area contributed by atoms with Crippen molar-refractivity contribution in [3.8, 4) is 11.1 Å². The summed E-state index contributed by atoms with van der Waals surface area (Å²) in [6, 6.07) is 11.9. The molecule has 2 aromatic rings. The number of anilines is 1. The maximum Gasteiger partial charge on any atom is 0.224 e. The summed E-state index contributed by atoms with van der Waals surface area (Å²) in [5.41, 5.74) is 2.49. The van der Waals surface area contributed by atoms with E-state index >= 15 is 0 Å². The van der Waals surface area contributed by atoms with Crippen molar-refractivity contribution in [2.45, 2.75) is 13.3 Å². The Bertz CT molecular complexity index is 596. The van der Waals surface area contributed by atoms with Crippen LogP contribution in [0.3, 0.4) is 0 Å². The Balaban J connectivity index is 2.22. The molecule has 0 radical (unpaired) electrons. The molecule has 0 fully saturated rings. The Morgan fingerprint density at radius 3 is 2.37 bits per heavy atom. The third-order valence-corrected chi connectivity index (χ3v) is 3.03. The first-order valence-corrected chi connectivity index (χ1v) is 6.33. The Morgan fingerprint density at radius 2 is 1.79 bits per heavy atom. The van der Waals surface area contributed by atoms with Crippen LogP contribution in [0.5, 0.6) is 0 Å². The lowest BCUT2D eigenvalue weighted by Gasteiger charge is -2.06. The fraction of sp³-hybridized carbons (Fsp3) is 0.133. The second-order valence-electron chi connectivity index (χ2n) is 4.11. The van der Waals surface area contributed by atoms with E-state index in [9.17, 15) is 9.18 Å². The minimum Gasteiger partial charge on any atom is -0.326 e. The summed E-state index contributed by atoms with van der Waals surface area (Å²) in [5, 5.41) is 2.86. The van der Waals surface area contributed by atoms with E-state index in [1.807, 2.05) is 12.1 Å². The van der Waals surface area contributed by atoms with Gasteiger partial charge in [0.2, 0.25) is 5.91 Å². The highest BCUT2D eigenvalue weighted by Gasteiger charge is 2.04. The minimum atomic E-state index is -0.433. The van der Waals surface area contributed by atoms with Crippen molar-refractivity contribution < 1.29 is 9.18 Å². The Labute approximate surface area is 116 Å². The van der Waals surface area contributed by atoms with E-state index in [1.165, 1.54) is 6.07 Å². The van der Waals surface area contributed by atoms with Crippen LogP contribution in [-0.4, -0.2) is 5.91 Å². The lowest BCUT2D eigenvalue weighted by atomic mass is 10.1. The van der Waals surface area contributed by atoms with E-state index in [4.69, 9.17) is 11.6 Å². The molecule has 4 heteroatoms. The fourth-order valence-corrected chi connectivity index (χ4v) is 1.85. The van der Waals surface area contributed by atoms with Gasteiger partial charge in [0.1, 0.15) is 5.82 Å². The van der Waals surface area contributed by atoms with Gasteiger partial charge in [-0.15, -0.1) is 0 Å². The summed E-state index contributed by atoms with van der Waals surface area (Å²) >= 11 is 5.75.